The van der Waals surface area contributed by atoms with Crippen molar-refractivity contribution in [2.45, 2.75) is 78.0 Å². The van der Waals surface area contributed by atoms with Crippen LogP contribution in [0, 0.1) is 0 Å². The lowest BCUT2D eigenvalue weighted by Crippen LogP contribution is -2.48. The molecule has 1 heterocycles. The quantitative estimate of drug-likeness (QED) is 0.815. The molecule has 0 saturated carbocycles. The van der Waals surface area contributed by atoms with Gasteiger partial charge in [0, 0.05) is 25.0 Å². The van der Waals surface area contributed by atoms with Gasteiger partial charge in [0.05, 0.1) is 16.8 Å². The Hall–Kier alpha value is -0.450. The van der Waals surface area contributed by atoms with Crippen LogP contribution < -0.4 is 5.32 Å². The average Bonchev–Trinajstić information content (AvgIpc) is 2.76. The number of hydrogen-bond donors (Lipinski definition) is 1. The van der Waals surface area contributed by atoms with Gasteiger partial charge in [-0.25, -0.2) is 4.98 Å². The molecule has 0 fully saturated rings. The van der Waals surface area contributed by atoms with Crippen molar-refractivity contribution in [1.29, 1.82) is 0 Å². The van der Waals surface area contributed by atoms with E-state index >= 15 is 0 Å². The highest BCUT2D eigenvalue weighted by atomic mass is 32.1. The Kier molecular flexibility index (Phi) is 5.76. The fourth-order valence-electron chi connectivity index (χ4n) is 2.55. The lowest BCUT2D eigenvalue weighted by Gasteiger charge is -2.37. The van der Waals surface area contributed by atoms with Gasteiger partial charge in [-0.3, -0.25) is 0 Å². The van der Waals surface area contributed by atoms with Crippen LogP contribution in [-0.2, 0) is 10.3 Å². The summed E-state index contributed by atoms with van der Waals surface area (Å²) in [5, 5.41) is 7.02. The topological polar surface area (TPSA) is 34.1 Å². The first-order valence-electron chi connectivity index (χ1n) is 7.38. The number of aromatic nitrogens is 1. The number of thiazole rings is 1. The van der Waals surface area contributed by atoms with E-state index in [9.17, 15) is 0 Å². The molecule has 0 saturated heterocycles. The van der Waals surface area contributed by atoms with Crippen molar-refractivity contribution in [2.75, 3.05) is 7.11 Å². The molecule has 3 nitrogen and oxygen atoms in total. The normalized spacial score (nSPS) is 15.9. The number of methoxy groups -OCH3 is 1. The number of rotatable bonds is 7. The van der Waals surface area contributed by atoms with Crippen LogP contribution in [0.25, 0.3) is 0 Å². The van der Waals surface area contributed by atoms with E-state index in [1.54, 1.807) is 18.4 Å². The molecule has 0 aromatic carbocycles. The van der Waals surface area contributed by atoms with Crippen molar-refractivity contribution in [2.24, 2.45) is 0 Å². The molecular formula is C16H30N2OS. The smallest absolute Gasteiger partial charge is 0.113 e. The van der Waals surface area contributed by atoms with Crippen molar-refractivity contribution in [1.82, 2.24) is 10.3 Å². The minimum atomic E-state index is -0.180. The molecule has 1 atom stereocenters. The van der Waals surface area contributed by atoms with Gasteiger partial charge < -0.3 is 10.1 Å². The fourth-order valence-corrected chi connectivity index (χ4v) is 3.66. The van der Waals surface area contributed by atoms with Crippen molar-refractivity contribution in [3.05, 3.63) is 16.1 Å². The van der Waals surface area contributed by atoms with Crippen LogP contribution in [0.4, 0.5) is 0 Å². The minimum Gasteiger partial charge on any atom is -0.379 e. The number of ether oxygens (including phenoxy) is 1. The molecule has 1 aromatic heterocycles. The molecule has 0 radical (unpaired) electrons. The fraction of sp³-hybridized carbons (Fsp3) is 0.812. The standard InChI is InChI=1S/C16H30N2OS/c1-11(2)13-9-20-14(17-13)16(7,18-12(3)4)10-15(5,6)19-8/h9,11-12,18H,10H2,1-8H3. The second-order valence-electron chi connectivity index (χ2n) is 7.00. The molecule has 4 heteroatoms. The van der Waals surface area contributed by atoms with Crippen LogP contribution in [-0.4, -0.2) is 23.7 Å². The van der Waals surface area contributed by atoms with Crippen LogP contribution in [0.2, 0.25) is 0 Å². The van der Waals surface area contributed by atoms with E-state index in [1.807, 2.05) is 0 Å². The summed E-state index contributed by atoms with van der Waals surface area (Å²) in [5.41, 5.74) is 0.836. The predicted molar refractivity (Wildman–Crippen MR) is 87.5 cm³/mol. The van der Waals surface area contributed by atoms with Crippen LogP contribution >= 0.6 is 11.3 Å². The number of nitrogens with one attached hydrogen (secondary N) is 1. The van der Waals surface area contributed by atoms with E-state index < -0.39 is 0 Å². The highest BCUT2D eigenvalue weighted by Crippen LogP contribution is 2.35. The SMILES string of the molecule is COC(C)(C)CC(C)(NC(C)C)c1nc(C(C)C)cs1. The average molecular weight is 298 g/mol. The Bertz CT molecular complexity index is 426. The first-order chi connectivity index (χ1) is 9.09. The lowest BCUT2D eigenvalue weighted by molar-refractivity contribution is -0.00855. The summed E-state index contributed by atoms with van der Waals surface area (Å²) in [7, 11) is 1.77. The van der Waals surface area contributed by atoms with Crippen LogP contribution in [0.1, 0.15) is 71.5 Å². The first-order valence-corrected chi connectivity index (χ1v) is 8.26. The molecule has 116 valence electrons. The van der Waals surface area contributed by atoms with Crippen molar-refractivity contribution >= 4 is 11.3 Å². The zero-order chi connectivity index (χ0) is 15.6. The van der Waals surface area contributed by atoms with Crippen molar-refractivity contribution in [3.8, 4) is 0 Å². The van der Waals surface area contributed by atoms with Gasteiger partial charge in [0.1, 0.15) is 5.01 Å². The van der Waals surface area contributed by atoms with E-state index in [2.05, 4.69) is 59.2 Å². The summed E-state index contributed by atoms with van der Waals surface area (Å²) < 4.78 is 5.63. The summed E-state index contributed by atoms with van der Waals surface area (Å²) in [5.74, 6) is 0.471. The monoisotopic (exact) mass is 298 g/mol. The maximum Gasteiger partial charge on any atom is 0.113 e. The molecule has 1 aromatic rings. The first kappa shape index (κ1) is 17.6. The van der Waals surface area contributed by atoms with Gasteiger partial charge in [0.25, 0.3) is 0 Å². The van der Waals surface area contributed by atoms with Gasteiger partial charge in [0.2, 0.25) is 0 Å². The Labute approximate surface area is 128 Å². The summed E-state index contributed by atoms with van der Waals surface area (Å²) >= 11 is 1.75. The molecule has 0 amide bonds. The third kappa shape index (κ3) is 4.54. The molecule has 0 aliphatic heterocycles. The second kappa shape index (κ2) is 6.54. The van der Waals surface area contributed by atoms with E-state index in [-0.39, 0.29) is 11.1 Å². The van der Waals surface area contributed by atoms with Gasteiger partial charge >= 0.3 is 0 Å². The Balaban J connectivity index is 3.09. The highest BCUT2D eigenvalue weighted by molar-refractivity contribution is 7.09. The Morgan fingerprint density at radius 3 is 2.25 bits per heavy atom. The van der Waals surface area contributed by atoms with Crippen LogP contribution in [0.15, 0.2) is 5.38 Å². The molecular weight excluding hydrogens is 268 g/mol. The van der Waals surface area contributed by atoms with Gasteiger partial charge in [-0.1, -0.05) is 13.8 Å². The summed E-state index contributed by atoms with van der Waals surface area (Å²) in [6.45, 7) is 15.2. The lowest BCUT2D eigenvalue weighted by atomic mass is 9.87. The Morgan fingerprint density at radius 2 is 1.85 bits per heavy atom. The Morgan fingerprint density at radius 1 is 1.25 bits per heavy atom. The summed E-state index contributed by atoms with van der Waals surface area (Å²) in [6.07, 6.45) is 0.889. The molecule has 1 N–H and O–H groups in total. The number of nitrogens with zero attached hydrogens (tertiary/aromatic N) is 1. The van der Waals surface area contributed by atoms with Gasteiger partial charge in [-0.05, 0) is 40.5 Å². The highest BCUT2D eigenvalue weighted by Gasteiger charge is 2.37. The zero-order valence-electron chi connectivity index (χ0n) is 14.2. The molecule has 0 aliphatic rings. The van der Waals surface area contributed by atoms with E-state index in [1.165, 1.54) is 5.69 Å². The van der Waals surface area contributed by atoms with Crippen LogP contribution in [0.5, 0.6) is 0 Å². The van der Waals surface area contributed by atoms with Crippen molar-refractivity contribution in [3.63, 3.8) is 0 Å². The maximum absolute atomic E-state index is 5.63. The molecule has 0 bridgehead atoms. The number of hydrogen-bond acceptors (Lipinski definition) is 4. The summed E-state index contributed by atoms with van der Waals surface area (Å²) in [6, 6.07) is 0.402. The van der Waals surface area contributed by atoms with Gasteiger partial charge in [-0.2, -0.15) is 0 Å². The third-order valence-electron chi connectivity index (χ3n) is 3.52. The predicted octanol–water partition coefficient (Wildman–Crippen LogP) is 4.29. The zero-order valence-corrected chi connectivity index (χ0v) is 15.0. The summed E-state index contributed by atoms with van der Waals surface area (Å²) in [4.78, 5) is 4.85. The molecule has 0 spiro atoms. The van der Waals surface area contributed by atoms with E-state index in [4.69, 9.17) is 9.72 Å². The van der Waals surface area contributed by atoms with Crippen LogP contribution in [0.3, 0.4) is 0 Å². The maximum atomic E-state index is 5.63. The molecule has 0 aliphatic carbocycles. The van der Waals surface area contributed by atoms with Gasteiger partial charge in [-0.15, -0.1) is 11.3 Å². The van der Waals surface area contributed by atoms with Crippen molar-refractivity contribution < 1.29 is 4.74 Å². The van der Waals surface area contributed by atoms with E-state index in [0.29, 0.717) is 12.0 Å². The largest absolute Gasteiger partial charge is 0.379 e. The minimum absolute atomic E-state index is 0.161. The molecule has 20 heavy (non-hydrogen) atoms. The third-order valence-corrected chi connectivity index (χ3v) is 4.65. The van der Waals surface area contributed by atoms with E-state index in [0.717, 1.165) is 11.4 Å². The molecule has 1 rings (SSSR count). The van der Waals surface area contributed by atoms with Gasteiger partial charge in [0.15, 0.2) is 0 Å². The molecule has 1 unspecified atom stereocenters. The second-order valence-corrected chi connectivity index (χ2v) is 7.86.